The predicted molar refractivity (Wildman–Crippen MR) is 72.4 cm³/mol. The molecule has 1 aromatic carbocycles. The highest BCUT2D eigenvalue weighted by Gasteiger charge is 2.29. The van der Waals surface area contributed by atoms with Crippen LogP contribution in [0.15, 0.2) is 12.1 Å². The number of benzene rings is 1. The third kappa shape index (κ3) is 2.63. The van der Waals surface area contributed by atoms with Crippen molar-refractivity contribution in [3.63, 3.8) is 0 Å². The molecule has 0 aliphatic carbocycles. The molecule has 0 saturated carbocycles. The van der Waals surface area contributed by atoms with Crippen LogP contribution in [0.25, 0.3) is 0 Å². The van der Waals surface area contributed by atoms with Crippen molar-refractivity contribution in [1.82, 2.24) is 0 Å². The van der Waals surface area contributed by atoms with Crippen LogP contribution < -0.4 is 9.64 Å². The molecule has 0 unspecified atom stereocenters. The molecule has 20 heavy (non-hydrogen) atoms. The van der Waals surface area contributed by atoms with Gasteiger partial charge in [0, 0.05) is 13.1 Å². The Kier molecular flexibility index (Phi) is 4.02. The van der Waals surface area contributed by atoms with Crippen molar-refractivity contribution >= 4 is 17.1 Å². The van der Waals surface area contributed by atoms with Crippen molar-refractivity contribution in [3.05, 3.63) is 32.4 Å². The summed E-state index contributed by atoms with van der Waals surface area (Å²) in [5, 5.41) is 22.1. The number of non-ortho nitro benzene ring substituents is 1. The van der Waals surface area contributed by atoms with Crippen molar-refractivity contribution in [2.24, 2.45) is 0 Å². The number of hydrogen-bond donors (Lipinski definition) is 0. The van der Waals surface area contributed by atoms with Crippen molar-refractivity contribution in [2.75, 3.05) is 25.1 Å². The van der Waals surface area contributed by atoms with E-state index in [0.29, 0.717) is 18.8 Å². The van der Waals surface area contributed by atoms with E-state index in [0.717, 1.165) is 25.3 Å². The zero-order valence-electron chi connectivity index (χ0n) is 11.1. The topological polar surface area (TPSA) is 98.8 Å². The van der Waals surface area contributed by atoms with Crippen molar-refractivity contribution in [2.45, 2.75) is 19.3 Å². The largest absolute Gasteiger partial charge is 0.494 e. The molecule has 0 radical (unpaired) electrons. The number of rotatable bonds is 4. The van der Waals surface area contributed by atoms with Crippen LogP contribution in [0.3, 0.4) is 0 Å². The summed E-state index contributed by atoms with van der Waals surface area (Å²) in [6.45, 7) is 1.38. The Balaban J connectivity index is 2.56. The number of nitro groups is 2. The Labute approximate surface area is 115 Å². The Morgan fingerprint density at radius 3 is 2.25 bits per heavy atom. The minimum absolute atomic E-state index is 0.174. The van der Waals surface area contributed by atoms with Gasteiger partial charge in [0.05, 0.1) is 29.1 Å². The van der Waals surface area contributed by atoms with E-state index in [1.54, 1.807) is 0 Å². The lowest BCUT2D eigenvalue weighted by Crippen LogP contribution is -2.30. The summed E-state index contributed by atoms with van der Waals surface area (Å²) in [6, 6.07) is 2.23. The first-order valence-corrected chi connectivity index (χ1v) is 6.30. The number of nitro benzene ring substituents is 2. The summed E-state index contributed by atoms with van der Waals surface area (Å²) < 4.78 is 5.13. The van der Waals surface area contributed by atoms with Gasteiger partial charge >= 0.3 is 5.69 Å². The first-order valence-electron chi connectivity index (χ1n) is 6.30. The van der Waals surface area contributed by atoms with Crippen LogP contribution in [0.2, 0.25) is 0 Å². The second kappa shape index (κ2) is 5.72. The third-order valence-electron chi connectivity index (χ3n) is 3.34. The van der Waals surface area contributed by atoms with E-state index in [-0.39, 0.29) is 17.1 Å². The standard InChI is InChI=1S/C12H15N3O5/c1-20-11-8-9(14(16)17)7-10(15(18)19)12(11)13-5-3-2-4-6-13/h7-8H,2-6H2,1H3. The zero-order valence-corrected chi connectivity index (χ0v) is 11.1. The van der Waals surface area contributed by atoms with Gasteiger partial charge in [0.25, 0.3) is 5.69 Å². The molecule has 0 spiro atoms. The summed E-state index contributed by atoms with van der Waals surface area (Å²) in [6.07, 6.45) is 2.97. The van der Waals surface area contributed by atoms with Gasteiger partial charge < -0.3 is 9.64 Å². The highest BCUT2D eigenvalue weighted by atomic mass is 16.6. The quantitative estimate of drug-likeness (QED) is 0.621. The highest BCUT2D eigenvalue weighted by Crippen LogP contribution is 2.42. The summed E-state index contributed by atoms with van der Waals surface area (Å²) in [7, 11) is 1.36. The van der Waals surface area contributed by atoms with Crippen LogP contribution in [0.5, 0.6) is 5.75 Å². The molecule has 1 fully saturated rings. The Hall–Kier alpha value is -2.38. The Bertz CT molecular complexity index is 540. The lowest BCUT2D eigenvalue weighted by Gasteiger charge is -2.29. The number of ether oxygens (including phenoxy) is 1. The molecule has 8 nitrogen and oxygen atoms in total. The fourth-order valence-electron chi connectivity index (χ4n) is 2.41. The maximum atomic E-state index is 11.2. The molecule has 1 heterocycles. The molecule has 1 aromatic rings. The van der Waals surface area contributed by atoms with Crippen molar-refractivity contribution in [1.29, 1.82) is 0 Å². The smallest absolute Gasteiger partial charge is 0.303 e. The number of piperidine rings is 1. The number of hydrogen-bond acceptors (Lipinski definition) is 6. The molecule has 0 N–H and O–H groups in total. The van der Waals surface area contributed by atoms with Gasteiger partial charge in [-0.3, -0.25) is 20.2 Å². The average Bonchev–Trinajstić information content (AvgIpc) is 2.46. The SMILES string of the molecule is COc1cc([N+](=O)[O-])cc([N+](=O)[O-])c1N1CCCCC1. The molecule has 108 valence electrons. The van der Waals surface area contributed by atoms with Gasteiger partial charge in [-0.2, -0.15) is 0 Å². The lowest BCUT2D eigenvalue weighted by atomic mass is 10.1. The van der Waals surface area contributed by atoms with E-state index in [4.69, 9.17) is 4.74 Å². The maximum absolute atomic E-state index is 11.2. The van der Waals surface area contributed by atoms with Crippen LogP contribution in [0.1, 0.15) is 19.3 Å². The van der Waals surface area contributed by atoms with Gasteiger partial charge in [-0.15, -0.1) is 0 Å². The van der Waals surface area contributed by atoms with Gasteiger partial charge in [-0.05, 0) is 19.3 Å². The third-order valence-corrected chi connectivity index (χ3v) is 3.34. The number of anilines is 1. The van der Waals surface area contributed by atoms with Crippen LogP contribution in [-0.4, -0.2) is 30.0 Å². The van der Waals surface area contributed by atoms with Gasteiger partial charge in [0.15, 0.2) is 11.4 Å². The molecular weight excluding hydrogens is 266 g/mol. The fraction of sp³-hybridized carbons (Fsp3) is 0.500. The zero-order chi connectivity index (χ0) is 14.7. The van der Waals surface area contributed by atoms with Gasteiger partial charge in [-0.1, -0.05) is 0 Å². The van der Waals surface area contributed by atoms with E-state index in [9.17, 15) is 20.2 Å². The van der Waals surface area contributed by atoms with Gasteiger partial charge in [0.1, 0.15) is 0 Å². The second-order valence-corrected chi connectivity index (χ2v) is 4.58. The molecule has 8 heteroatoms. The molecule has 0 bridgehead atoms. The molecular formula is C12H15N3O5. The summed E-state index contributed by atoms with van der Waals surface area (Å²) in [4.78, 5) is 22.7. The lowest BCUT2D eigenvalue weighted by molar-refractivity contribution is -0.393. The predicted octanol–water partition coefficient (Wildman–Crippen LogP) is 2.50. The Morgan fingerprint density at radius 1 is 1.10 bits per heavy atom. The normalized spacial score (nSPS) is 14.9. The monoisotopic (exact) mass is 281 g/mol. The van der Waals surface area contributed by atoms with E-state index >= 15 is 0 Å². The van der Waals surface area contributed by atoms with Crippen LogP contribution in [0.4, 0.5) is 17.1 Å². The van der Waals surface area contributed by atoms with E-state index in [2.05, 4.69) is 0 Å². The fourth-order valence-corrected chi connectivity index (χ4v) is 2.41. The summed E-state index contributed by atoms with van der Waals surface area (Å²) in [5.74, 6) is 0.174. The maximum Gasteiger partial charge on any atom is 0.303 e. The molecule has 0 atom stereocenters. The first kappa shape index (κ1) is 14.0. The molecule has 0 amide bonds. The van der Waals surface area contributed by atoms with E-state index < -0.39 is 9.85 Å². The number of methoxy groups -OCH3 is 1. The summed E-state index contributed by atoms with van der Waals surface area (Å²) >= 11 is 0. The molecule has 2 rings (SSSR count). The van der Waals surface area contributed by atoms with Gasteiger partial charge in [-0.25, -0.2) is 0 Å². The van der Waals surface area contributed by atoms with E-state index in [1.807, 2.05) is 4.90 Å². The van der Waals surface area contributed by atoms with Crippen LogP contribution >= 0.6 is 0 Å². The highest BCUT2D eigenvalue weighted by molar-refractivity contribution is 5.75. The first-order chi connectivity index (χ1) is 9.54. The van der Waals surface area contributed by atoms with Crippen LogP contribution in [0, 0.1) is 20.2 Å². The van der Waals surface area contributed by atoms with Crippen molar-refractivity contribution in [3.8, 4) is 5.75 Å². The van der Waals surface area contributed by atoms with Gasteiger partial charge in [0.2, 0.25) is 0 Å². The average molecular weight is 281 g/mol. The summed E-state index contributed by atoms with van der Waals surface area (Å²) in [5.41, 5.74) is -0.282. The Morgan fingerprint density at radius 2 is 1.75 bits per heavy atom. The molecule has 1 saturated heterocycles. The van der Waals surface area contributed by atoms with Crippen LogP contribution in [-0.2, 0) is 0 Å². The minimum atomic E-state index is -0.657. The minimum Gasteiger partial charge on any atom is -0.494 e. The number of nitrogens with zero attached hydrogens (tertiary/aromatic N) is 3. The molecule has 1 aliphatic rings. The molecule has 1 aliphatic heterocycles. The second-order valence-electron chi connectivity index (χ2n) is 4.58. The van der Waals surface area contributed by atoms with Crippen molar-refractivity contribution < 1.29 is 14.6 Å². The van der Waals surface area contributed by atoms with E-state index in [1.165, 1.54) is 13.2 Å². The molecule has 0 aromatic heterocycles.